The number of hydrogen-bond donors (Lipinski definition) is 2. The second-order valence-corrected chi connectivity index (χ2v) is 9.78. The molecule has 0 spiro atoms. The van der Waals surface area contributed by atoms with E-state index < -0.39 is 23.7 Å². The second-order valence-electron chi connectivity index (χ2n) is 9.78. The summed E-state index contributed by atoms with van der Waals surface area (Å²) in [5, 5.41) is 5.33. The largest absolute Gasteiger partial charge is 0.466 e. The van der Waals surface area contributed by atoms with Crippen LogP contribution in [0.1, 0.15) is 76.1 Å². The highest BCUT2D eigenvalue weighted by Crippen LogP contribution is 2.34. The first-order chi connectivity index (χ1) is 16.4. The molecule has 0 aromatic heterocycles. The molecule has 1 saturated carbocycles. The number of benzene rings is 1. The van der Waals surface area contributed by atoms with Gasteiger partial charge in [-0.15, -0.1) is 0 Å². The average Bonchev–Trinajstić information content (AvgIpc) is 2.72. The van der Waals surface area contributed by atoms with Crippen molar-refractivity contribution in [3.05, 3.63) is 34.9 Å². The number of rotatable bonds is 10. The van der Waals surface area contributed by atoms with Crippen LogP contribution in [0.4, 0.5) is 4.79 Å². The highest BCUT2D eigenvalue weighted by Gasteiger charge is 2.39. The van der Waals surface area contributed by atoms with E-state index >= 15 is 0 Å². The molecule has 0 bridgehead atoms. The Morgan fingerprint density at radius 1 is 1.11 bits per heavy atom. The van der Waals surface area contributed by atoms with Gasteiger partial charge in [-0.1, -0.05) is 18.2 Å². The smallest absolute Gasteiger partial charge is 0.408 e. The lowest BCUT2D eigenvalue weighted by Crippen LogP contribution is -2.54. The Kier molecular flexibility index (Phi) is 10.1. The van der Waals surface area contributed by atoms with Crippen LogP contribution in [0.2, 0.25) is 0 Å². The van der Waals surface area contributed by atoms with Crippen molar-refractivity contribution in [2.75, 3.05) is 19.7 Å². The second kappa shape index (κ2) is 12.6. The van der Waals surface area contributed by atoms with Gasteiger partial charge >= 0.3 is 12.1 Å². The van der Waals surface area contributed by atoms with E-state index in [9.17, 15) is 19.2 Å². The third kappa shape index (κ3) is 8.26. The highest BCUT2D eigenvalue weighted by atomic mass is 16.6. The fourth-order valence-corrected chi connectivity index (χ4v) is 3.88. The molecule has 1 fully saturated rings. The first kappa shape index (κ1) is 28.1. The summed E-state index contributed by atoms with van der Waals surface area (Å²) in [4.78, 5) is 52.4. The summed E-state index contributed by atoms with van der Waals surface area (Å²) in [6, 6.07) is 4.64. The molecule has 2 N–H and O–H groups in total. The minimum Gasteiger partial charge on any atom is -0.466 e. The molecule has 9 heteroatoms. The van der Waals surface area contributed by atoms with Gasteiger partial charge in [-0.25, -0.2) is 4.79 Å². The third-order valence-corrected chi connectivity index (χ3v) is 5.94. The molecule has 1 aromatic rings. The first-order valence-electron chi connectivity index (χ1n) is 12.2. The Balaban J connectivity index is 2.29. The number of aryl methyl sites for hydroxylation is 1. The van der Waals surface area contributed by atoms with Crippen molar-refractivity contribution in [2.45, 2.75) is 84.9 Å². The summed E-state index contributed by atoms with van der Waals surface area (Å²) in [5.41, 5.74) is 1.94. The Morgan fingerprint density at radius 3 is 2.37 bits per heavy atom. The predicted octanol–water partition coefficient (Wildman–Crippen LogP) is 3.32. The minimum atomic E-state index is -0.893. The van der Waals surface area contributed by atoms with Crippen molar-refractivity contribution < 1.29 is 28.7 Å². The maximum Gasteiger partial charge on any atom is 0.408 e. The summed E-state index contributed by atoms with van der Waals surface area (Å²) in [6.07, 6.45) is 1.85. The summed E-state index contributed by atoms with van der Waals surface area (Å²) in [6.45, 7) is 10.9. The van der Waals surface area contributed by atoms with Crippen molar-refractivity contribution in [2.24, 2.45) is 0 Å². The van der Waals surface area contributed by atoms with Gasteiger partial charge in [-0.3, -0.25) is 14.4 Å². The number of nitrogens with one attached hydrogen (secondary N) is 2. The lowest BCUT2D eigenvalue weighted by atomic mass is 9.87. The molecule has 1 aliphatic carbocycles. The van der Waals surface area contributed by atoms with Crippen LogP contribution in [0.3, 0.4) is 0 Å². The molecule has 194 valence electrons. The SMILES string of the molecule is CCOC(=O)CCNC(=O)C(c1cccc(C)c1C)N(C(=O)CNC(=O)OC(C)(C)C)C1CCC1. The number of ether oxygens (including phenoxy) is 2. The number of carbonyl (C=O) groups is 4. The quantitative estimate of drug-likeness (QED) is 0.488. The molecular weight excluding hydrogens is 450 g/mol. The van der Waals surface area contributed by atoms with E-state index in [1.54, 1.807) is 32.6 Å². The van der Waals surface area contributed by atoms with Crippen LogP contribution in [0.25, 0.3) is 0 Å². The summed E-state index contributed by atoms with van der Waals surface area (Å²) in [5.74, 6) is -1.14. The summed E-state index contributed by atoms with van der Waals surface area (Å²) >= 11 is 0. The van der Waals surface area contributed by atoms with Gasteiger partial charge in [0.15, 0.2) is 0 Å². The molecule has 35 heavy (non-hydrogen) atoms. The molecular formula is C26H39N3O6. The van der Waals surface area contributed by atoms with Crippen LogP contribution in [0.15, 0.2) is 18.2 Å². The number of amides is 3. The normalized spacial score (nSPS) is 14.3. The maximum absolute atomic E-state index is 13.5. The minimum absolute atomic E-state index is 0.0384. The van der Waals surface area contributed by atoms with E-state index in [1.807, 2.05) is 32.0 Å². The number of nitrogens with zero attached hydrogens (tertiary/aromatic N) is 1. The van der Waals surface area contributed by atoms with Gasteiger partial charge < -0.3 is 25.0 Å². The molecule has 1 aliphatic rings. The fourth-order valence-electron chi connectivity index (χ4n) is 3.88. The summed E-state index contributed by atoms with van der Waals surface area (Å²) < 4.78 is 10.2. The van der Waals surface area contributed by atoms with Crippen molar-refractivity contribution in [1.29, 1.82) is 0 Å². The monoisotopic (exact) mass is 489 g/mol. The van der Waals surface area contributed by atoms with Crippen molar-refractivity contribution in [1.82, 2.24) is 15.5 Å². The molecule has 9 nitrogen and oxygen atoms in total. The highest BCUT2D eigenvalue weighted by molar-refractivity contribution is 5.91. The number of esters is 1. The molecule has 3 amide bonds. The molecule has 0 heterocycles. The fraction of sp³-hybridized carbons (Fsp3) is 0.615. The van der Waals surface area contributed by atoms with Gasteiger partial charge in [-0.05, 0) is 77.5 Å². The molecule has 0 radical (unpaired) electrons. The van der Waals surface area contributed by atoms with Crippen molar-refractivity contribution in [3.63, 3.8) is 0 Å². The molecule has 0 aliphatic heterocycles. The molecule has 1 unspecified atom stereocenters. The standard InChI is InChI=1S/C26H39N3O6/c1-7-34-22(31)14-15-27-24(32)23(20-13-8-10-17(2)18(20)3)29(19-11-9-12-19)21(30)16-28-25(33)35-26(4,5)6/h8,10,13,19,23H,7,9,11-12,14-16H2,1-6H3,(H,27,32)(H,28,33). The Labute approximate surface area is 207 Å². The molecule has 1 aromatic carbocycles. The van der Waals surface area contributed by atoms with E-state index in [2.05, 4.69) is 10.6 Å². The van der Waals surface area contributed by atoms with Crippen LogP contribution >= 0.6 is 0 Å². The zero-order chi connectivity index (χ0) is 26.2. The van der Waals surface area contributed by atoms with Gasteiger partial charge in [0, 0.05) is 12.6 Å². The zero-order valence-corrected chi connectivity index (χ0v) is 21.7. The average molecular weight is 490 g/mol. The number of hydrogen-bond acceptors (Lipinski definition) is 6. The van der Waals surface area contributed by atoms with Gasteiger partial charge in [0.2, 0.25) is 11.8 Å². The molecule has 1 atom stereocenters. The van der Waals surface area contributed by atoms with Crippen molar-refractivity contribution in [3.8, 4) is 0 Å². The Bertz CT molecular complexity index is 920. The number of carbonyl (C=O) groups excluding carboxylic acids is 4. The van der Waals surface area contributed by atoms with Gasteiger partial charge in [0.05, 0.1) is 13.0 Å². The maximum atomic E-state index is 13.5. The Hall–Kier alpha value is -3.10. The van der Waals surface area contributed by atoms with E-state index in [0.717, 1.165) is 36.0 Å². The van der Waals surface area contributed by atoms with Crippen LogP contribution in [0.5, 0.6) is 0 Å². The van der Waals surface area contributed by atoms with E-state index in [4.69, 9.17) is 9.47 Å². The predicted molar refractivity (Wildman–Crippen MR) is 132 cm³/mol. The lowest BCUT2D eigenvalue weighted by Gasteiger charge is -2.42. The third-order valence-electron chi connectivity index (χ3n) is 5.94. The van der Waals surface area contributed by atoms with E-state index in [0.29, 0.717) is 0 Å². The molecule has 2 rings (SSSR count). The zero-order valence-electron chi connectivity index (χ0n) is 21.7. The van der Waals surface area contributed by atoms with Gasteiger partial charge in [0.25, 0.3) is 0 Å². The van der Waals surface area contributed by atoms with Gasteiger partial charge in [0.1, 0.15) is 18.2 Å². The molecule has 0 saturated heterocycles. The Morgan fingerprint density at radius 2 is 1.80 bits per heavy atom. The van der Waals surface area contributed by atoms with Crippen LogP contribution < -0.4 is 10.6 Å². The first-order valence-corrected chi connectivity index (χ1v) is 12.2. The van der Waals surface area contributed by atoms with Crippen LogP contribution in [-0.4, -0.2) is 60.1 Å². The van der Waals surface area contributed by atoms with Crippen LogP contribution in [0, 0.1) is 13.8 Å². The topological polar surface area (TPSA) is 114 Å². The van der Waals surface area contributed by atoms with Crippen molar-refractivity contribution >= 4 is 23.9 Å². The van der Waals surface area contributed by atoms with Crippen LogP contribution in [-0.2, 0) is 23.9 Å². The van der Waals surface area contributed by atoms with E-state index in [1.165, 1.54) is 0 Å². The van der Waals surface area contributed by atoms with Gasteiger partial charge in [-0.2, -0.15) is 0 Å². The van der Waals surface area contributed by atoms with E-state index in [-0.39, 0.29) is 44.0 Å². The summed E-state index contributed by atoms with van der Waals surface area (Å²) in [7, 11) is 0. The lowest BCUT2D eigenvalue weighted by molar-refractivity contribution is -0.146. The number of alkyl carbamates (subject to hydrolysis) is 1.